The van der Waals surface area contributed by atoms with E-state index >= 15 is 0 Å². The van der Waals surface area contributed by atoms with Crippen LogP contribution in [0, 0.1) is 0 Å². The SMILES string of the molecule is CC(C)(C)c1ncnc2cc(-c3ccccc3)sc12. The summed E-state index contributed by atoms with van der Waals surface area (Å²) in [5.74, 6) is 0. The van der Waals surface area contributed by atoms with Crippen LogP contribution in [0.15, 0.2) is 42.7 Å². The van der Waals surface area contributed by atoms with E-state index < -0.39 is 0 Å². The first kappa shape index (κ1) is 12.3. The van der Waals surface area contributed by atoms with Crippen LogP contribution < -0.4 is 0 Å². The molecule has 3 heteroatoms. The maximum absolute atomic E-state index is 4.48. The minimum Gasteiger partial charge on any atom is -0.239 e. The van der Waals surface area contributed by atoms with Crippen LogP contribution in [0.5, 0.6) is 0 Å². The minimum absolute atomic E-state index is 0.0417. The van der Waals surface area contributed by atoms with E-state index in [0.717, 1.165) is 11.2 Å². The maximum Gasteiger partial charge on any atom is 0.116 e. The smallest absolute Gasteiger partial charge is 0.116 e. The van der Waals surface area contributed by atoms with Crippen LogP contribution in [0.4, 0.5) is 0 Å². The van der Waals surface area contributed by atoms with Crippen molar-refractivity contribution in [3.05, 3.63) is 48.4 Å². The predicted octanol–water partition coefficient (Wildman–Crippen LogP) is 4.66. The zero-order chi connectivity index (χ0) is 13.5. The molecule has 1 aromatic carbocycles. The lowest BCUT2D eigenvalue weighted by atomic mass is 9.92. The molecule has 0 aliphatic heterocycles. The van der Waals surface area contributed by atoms with E-state index in [2.05, 4.69) is 61.1 Å². The molecule has 0 saturated carbocycles. The average Bonchev–Trinajstić information content (AvgIpc) is 2.82. The summed E-state index contributed by atoms with van der Waals surface area (Å²) in [7, 11) is 0. The molecular formula is C16H16N2S. The summed E-state index contributed by atoms with van der Waals surface area (Å²) >= 11 is 1.78. The molecule has 0 radical (unpaired) electrons. The van der Waals surface area contributed by atoms with Crippen LogP contribution in [-0.4, -0.2) is 9.97 Å². The third-order valence-electron chi connectivity index (χ3n) is 3.08. The topological polar surface area (TPSA) is 25.8 Å². The normalized spacial score (nSPS) is 11.9. The molecule has 0 amide bonds. The van der Waals surface area contributed by atoms with Crippen molar-refractivity contribution in [2.75, 3.05) is 0 Å². The number of benzene rings is 1. The van der Waals surface area contributed by atoms with Gasteiger partial charge in [0.15, 0.2) is 0 Å². The third kappa shape index (κ3) is 2.26. The van der Waals surface area contributed by atoms with Crippen LogP contribution >= 0.6 is 11.3 Å². The van der Waals surface area contributed by atoms with Crippen molar-refractivity contribution < 1.29 is 0 Å². The number of hydrogen-bond acceptors (Lipinski definition) is 3. The van der Waals surface area contributed by atoms with Gasteiger partial charge in [0.25, 0.3) is 0 Å². The first-order chi connectivity index (χ1) is 9.05. The first-order valence-electron chi connectivity index (χ1n) is 6.36. The molecule has 19 heavy (non-hydrogen) atoms. The highest BCUT2D eigenvalue weighted by Crippen LogP contribution is 2.37. The van der Waals surface area contributed by atoms with Gasteiger partial charge in [-0.05, 0) is 11.6 Å². The van der Waals surface area contributed by atoms with Gasteiger partial charge < -0.3 is 0 Å². The quantitative estimate of drug-likeness (QED) is 0.641. The highest BCUT2D eigenvalue weighted by Gasteiger charge is 2.20. The molecule has 0 aliphatic carbocycles. The molecule has 0 aliphatic rings. The zero-order valence-corrected chi connectivity index (χ0v) is 12.2. The van der Waals surface area contributed by atoms with Crippen molar-refractivity contribution in [3.63, 3.8) is 0 Å². The summed E-state index contributed by atoms with van der Waals surface area (Å²) in [6.07, 6.45) is 1.67. The zero-order valence-electron chi connectivity index (χ0n) is 11.3. The Morgan fingerprint density at radius 3 is 2.42 bits per heavy atom. The molecule has 0 spiro atoms. The number of fused-ring (bicyclic) bond motifs is 1. The van der Waals surface area contributed by atoms with Crippen LogP contribution in [0.2, 0.25) is 0 Å². The molecule has 0 N–H and O–H groups in total. The summed E-state index contributed by atoms with van der Waals surface area (Å²) in [6.45, 7) is 6.57. The minimum atomic E-state index is 0.0417. The van der Waals surface area contributed by atoms with E-state index in [0.29, 0.717) is 0 Å². The Labute approximate surface area is 117 Å². The second-order valence-corrected chi connectivity index (χ2v) is 6.72. The van der Waals surface area contributed by atoms with E-state index in [9.17, 15) is 0 Å². The Hall–Kier alpha value is -1.74. The summed E-state index contributed by atoms with van der Waals surface area (Å²) in [4.78, 5) is 10.1. The molecule has 3 rings (SSSR count). The Kier molecular flexibility index (Phi) is 2.86. The molecule has 3 aromatic rings. The molecule has 2 heterocycles. The van der Waals surface area contributed by atoms with Gasteiger partial charge in [-0.3, -0.25) is 0 Å². The Bertz CT molecular complexity index is 708. The number of rotatable bonds is 1. The third-order valence-corrected chi connectivity index (χ3v) is 4.26. The Balaban J connectivity index is 2.22. The Morgan fingerprint density at radius 2 is 1.74 bits per heavy atom. The van der Waals surface area contributed by atoms with Crippen LogP contribution in [-0.2, 0) is 5.41 Å². The fourth-order valence-corrected chi connectivity index (χ4v) is 3.45. The van der Waals surface area contributed by atoms with Gasteiger partial charge in [0.2, 0.25) is 0 Å². The Morgan fingerprint density at radius 1 is 1.00 bits per heavy atom. The second kappa shape index (κ2) is 4.42. The first-order valence-corrected chi connectivity index (χ1v) is 7.18. The summed E-state index contributed by atoms with van der Waals surface area (Å²) in [6, 6.07) is 12.6. The number of thiophene rings is 1. The van der Waals surface area contributed by atoms with Crippen molar-refractivity contribution in [2.24, 2.45) is 0 Å². The van der Waals surface area contributed by atoms with Gasteiger partial charge >= 0.3 is 0 Å². The molecule has 96 valence electrons. The van der Waals surface area contributed by atoms with Gasteiger partial charge in [0.1, 0.15) is 6.33 Å². The lowest BCUT2D eigenvalue weighted by molar-refractivity contribution is 0.575. The van der Waals surface area contributed by atoms with Crippen molar-refractivity contribution >= 4 is 21.6 Å². The van der Waals surface area contributed by atoms with Gasteiger partial charge in [-0.2, -0.15) is 0 Å². The maximum atomic E-state index is 4.48. The number of hydrogen-bond donors (Lipinski definition) is 0. The van der Waals surface area contributed by atoms with Gasteiger partial charge in [0, 0.05) is 10.3 Å². The number of aromatic nitrogens is 2. The molecule has 0 atom stereocenters. The van der Waals surface area contributed by atoms with Crippen LogP contribution in [0.1, 0.15) is 26.5 Å². The fourth-order valence-electron chi connectivity index (χ4n) is 2.13. The molecule has 0 fully saturated rings. The molecule has 2 aromatic heterocycles. The van der Waals surface area contributed by atoms with E-state index in [-0.39, 0.29) is 5.41 Å². The van der Waals surface area contributed by atoms with Gasteiger partial charge in [-0.15, -0.1) is 11.3 Å². The van der Waals surface area contributed by atoms with Gasteiger partial charge in [0.05, 0.1) is 15.9 Å². The fraction of sp³-hybridized carbons (Fsp3) is 0.250. The standard InChI is InChI=1S/C16H16N2S/c1-16(2,3)15-14-12(17-10-18-15)9-13(19-14)11-7-5-4-6-8-11/h4-10H,1-3H3. The van der Waals surface area contributed by atoms with E-state index in [1.165, 1.54) is 15.1 Å². The highest BCUT2D eigenvalue weighted by molar-refractivity contribution is 7.22. The molecule has 0 unspecified atom stereocenters. The monoisotopic (exact) mass is 268 g/mol. The van der Waals surface area contributed by atoms with E-state index in [1.54, 1.807) is 17.7 Å². The van der Waals surface area contributed by atoms with Crippen molar-refractivity contribution in [1.82, 2.24) is 9.97 Å². The van der Waals surface area contributed by atoms with E-state index in [4.69, 9.17) is 0 Å². The van der Waals surface area contributed by atoms with E-state index in [1.807, 2.05) is 6.07 Å². The lowest BCUT2D eigenvalue weighted by Gasteiger charge is -2.17. The average molecular weight is 268 g/mol. The summed E-state index contributed by atoms with van der Waals surface area (Å²) in [5, 5.41) is 0. The highest BCUT2D eigenvalue weighted by atomic mass is 32.1. The molecule has 0 saturated heterocycles. The predicted molar refractivity (Wildman–Crippen MR) is 81.6 cm³/mol. The van der Waals surface area contributed by atoms with Crippen LogP contribution in [0.25, 0.3) is 20.7 Å². The number of nitrogens with zero attached hydrogens (tertiary/aromatic N) is 2. The van der Waals surface area contributed by atoms with Gasteiger partial charge in [-0.25, -0.2) is 9.97 Å². The summed E-state index contributed by atoms with van der Waals surface area (Å²) in [5.41, 5.74) is 3.46. The molecule has 2 nitrogen and oxygen atoms in total. The van der Waals surface area contributed by atoms with Gasteiger partial charge in [-0.1, -0.05) is 51.1 Å². The molecule has 0 bridgehead atoms. The largest absolute Gasteiger partial charge is 0.239 e. The van der Waals surface area contributed by atoms with Crippen LogP contribution in [0.3, 0.4) is 0 Å². The lowest BCUT2D eigenvalue weighted by Crippen LogP contribution is -2.13. The van der Waals surface area contributed by atoms with Crippen molar-refractivity contribution in [2.45, 2.75) is 26.2 Å². The second-order valence-electron chi connectivity index (χ2n) is 5.66. The van der Waals surface area contributed by atoms with Crippen molar-refractivity contribution in [3.8, 4) is 10.4 Å². The summed E-state index contributed by atoms with van der Waals surface area (Å²) < 4.78 is 1.20. The van der Waals surface area contributed by atoms with Crippen molar-refractivity contribution in [1.29, 1.82) is 0 Å². The molecular weight excluding hydrogens is 252 g/mol.